The summed E-state index contributed by atoms with van der Waals surface area (Å²) in [6.07, 6.45) is 15.7. The van der Waals surface area contributed by atoms with Crippen molar-refractivity contribution in [3.05, 3.63) is 159 Å². The van der Waals surface area contributed by atoms with Crippen LogP contribution in [0.5, 0.6) is 11.5 Å². The van der Waals surface area contributed by atoms with Gasteiger partial charge in [0.2, 0.25) is 6.29 Å². The average Bonchev–Trinajstić information content (AvgIpc) is 4.08. The van der Waals surface area contributed by atoms with Crippen LogP contribution in [0.15, 0.2) is 109 Å². The minimum atomic E-state index is -1.00. The molecule has 6 aromatic carbocycles. The fraction of sp³-hybridized carbons (Fsp3) is 0.446. The van der Waals surface area contributed by atoms with Crippen molar-refractivity contribution >= 4 is 115 Å². The first kappa shape index (κ1) is 54.7. The molecule has 1 saturated carbocycles. The topological polar surface area (TPSA) is 18.5 Å². The molecule has 2 nitrogen and oxygen atoms in total. The minimum absolute atomic E-state index is 0.0173. The minimum Gasteiger partial charge on any atom is -0.454 e. The summed E-state index contributed by atoms with van der Waals surface area (Å²) in [5, 5.41) is 8.30. The lowest BCUT2D eigenvalue weighted by Gasteiger charge is -2.38. The second-order valence-electron chi connectivity index (χ2n) is 23.3. The number of rotatable bonds is 15. The van der Waals surface area contributed by atoms with Crippen LogP contribution in [-0.4, -0.2) is 6.29 Å². The summed E-state index contributed by atoms with van der Waals surface area (Å²) in [7, 11) is -1.99. The van der Waals surface area contributed by atoms with Gasteiger partial charge in [0.1, 0.15) is 11.5 Å². The molecule has 1 aliphatic carbocycles. The number of hydrogen-bond acceptors (Lipinski definition) is 2. The molecule has 6 atom stereocenters. The number of para-hydroxylation sites is 2. The molecule has 0 radical (unpaired) electrons. The normalized spacial score (nSPS) is 19.4. The van der Waals surface area contributed by atoms with Gasteiger partial charge < -0.3 is 9.47 Å². The van der Waals surface area contributed by atoms with Crippen molar-refractivity contribution in [2.45, 2.75) is 169 Å². The molecule has 4 unspecified atom stereocenters. The molecule has 72 heavy (non-hydrogen) atoms. The average molecular weight is 1330 g/mol. The molecule has 0 amide bonds. The molecular weight excluding hydrogens is 1260 g/mol. The Balaban J connectivity index is 1.22. The second kappa shape index (κ2) is 23.7. The summed E-state index contributed by atoms with van der Waals surface area (Å²) < 4.78 is 19.5. The molecule has 0 spiro atoms. The van der Waals surface area contributed by atoms with E-state index in [1.165, 1.54) is 133 Å². The van der Waals surface area contributed by atoms with Gasteiger partial charge in [-0.3, -0.25) is 0 Å². The van der Waals surface area contributed by atoms with Crippen molar-refractivity contribution in [1.82, 2.24) is 0 Å². The Bertz CT molecular complexity index is 2880. The van der Waals surface area contributed by atoms with E-state index in [1.54, 1.807) is 0 Å². The van der Waals surface area contributed by atoms with E-state index in [1.807, 2.05) is 0 Å². The molecule has 0 bridgehead atoms. The molecule has 2 aliphatic heterocycles. The van der Waals surface area contributed by atoms with Crippen molar-refractivity contribution in [2.75, 3.05) is 0 Å². The highest BCUT2D eigenvalue weighted by molar-refractivity contribution is 14.1. The van der Waals surface area contributed by atoms with Gasteiger partial charge in [-0.25, -0.2) is 0 Å². The summed E-state index contributed by atoms with van der Waals surface area (Å²) >= 11 is 7.71. The zero-order valence-corrected chi connectivity index (χ0v) is 52.7. The highest BCUT2D eigenvalue weighted by Crippen LogP contribution is 2.51. The lowest BCUT2D eigenvalue weighted by molar-refractivity contribution is -0.0550. The molecule has 2 heterocycles. The van der Waals surface area contributed by atoms with Gasteiger partial charge in [0, 0.05) is 27.2 Å². The summed E-state index contributed by atoms with van der Waals surface area (Å²) in [6, 6.07) is 44.2. The number of aryl methyl sites for hydroxylation is 3. The van der Waals surface area contributed by atoms with Crippen molar-refractivity contribution in [2.24, 2.45) is 17.8 Å². The first-order chi connectivity index (χ1) is 34.5. The second-order valence-corrected chi connectivity index (χ2v) is 31.4. The third-order valence-electron chi connectivity index (χ3n) is 15.4. The van der Waals surface area contributed by atoms with Crippen LogP contribution in [0, 0.1) is 28.5 Å². The van der Waals surface area contributed by atoms with Gasteiger partial charge in [-0.2, -0.15) is 0 Å². The van der Waals surface area contributed by atoms with E-state index < -0.39 is 22.1 Å². The lowest BCUT2D eigenvalue weighted by atomic mass is 9.86. The number of benzene rings is 6. The van der Waals surface area contributed by atoms with E-state index >= 15 is 0 Å². The van der Waals surface area contributed by atoms with Crippen LogP contribution in [0.4, 0.5) is 0 Å². The van der Waals surface area contributed by atoms with Crippen molar-refractivity contribution in [3.63, 3.8) is 0 Å². The van der Waals surface area contributed by atoms with E-state index in [2.05, 4.69) is 239 Å². The summed E-state index contributed by atoms with van der Waals surface area (Å²) in [5.74, 6) is 3.86. The number of hydrogen-bond donors (Lipinski definition) is 0. The quantitative estimate of drug-likeness (QED) is 0.0754. The van der Waals surface area contributed by atoms with Crippen LogP contribution in [0.1, 0.15) is 159 Å². The third kappa shape index (κ3) is 13.0. The van der Waals surface area contributed by atoms with Crippen LogP contribution in [0.25, 0.3) is 0 Å². The zero-order chi connectivity index (χ0) is 50.9. The molecule has 9 rings (SSSR count). The predicted octanol–water partition coefficient (Wildman–Crippen LogP) is 16.6. The fourth-order valence-corrected chi connectivity index (χ4v) is 19.2. The third-order valence-corrected chi connectivity index (χ3v) is 22.0. The molecule has 0 N–H and O–H groups in total. The SMILES string of the molecule is CCCCc1cc(I)cc(P(c2cc(CCCC)cc(C(C)(C)C)c2)c2cccc3c2OC2Oc4c(cccc4P(c4cc(I)cc(CCCC)c4)c4cc(I)cc(C(C)(C)C)c4)C[C@H]2CCC2C[C@H]2C3)c1. The van der Waals surface area contributed by atoms with Crippen molar-refractivity contribution < 1.29 is 9.47 Å². The Morgan fingerprint density at radius 1 is 0.472 bits per heavy atom. The number of unbranched alkanes of at least 4 members (excludes halogenated alkanes) is 3. The largest absolute Gasteiger partial charge is 0.454 e. The highest BCUT2D eigenvalue weighted by Gasteiger charge is 2.43. The van der Waals surface area contributed by atoms with Gasteiger partial charge in [-0.1, -0.05) is 154 Å². The van der Waals surface area contributed by atoms with Gasteiger partial charge in [0.25, 0.3) is 0 Å². The Morgan fingerprint density at radius 2 is 0.875 bits per heavy atom. The van der Waals surface area contributed by atoms with Gasteiger partial charge in [0.15, 0.2) is 0 Å². The molecule has 0 saturated heterocycles. The first-order valence-corrected chi connectivity index (χ1v) is 33.1. The van der Waals surface area contributed by atoms with Crippen LogP contribution < -0.4 is 41.3 Å². The number of ether oxygens (including phenoxy) is 2. The van der Waals surface area contributed by atoms with Crippen LogP contribution in [0.2, 0.25) is 0 Å². The predicted molar refractivity (Wildman–Crippen MR) is 338 cm³/mol. The number of halogens is 3. The molecule has 6 aromatic rings. The fourth-order valence-electron chi connectivity index (χ4n) is 11.1. The zero-order valence-electron chi connectivity index (χ0n) is 44.4. The first-order valence-electron chi connectivity index (χ1n) is 27.2. The van der Waals surface area contributed by atoms with Gasteiger partial charge in [-0.15, -0.1) is 0 Å². The van der Waals surface area contributed by atoms with E-state index in [4.69, 9.17) is 9.47 Å². The van der Waals surface area contributed by atoms with Gasteiger partial charge >= 0.3 is 0 Å². The molecule has 3 aliphatic rings. The van der Waals surface area contributed by atoms with Crippen molar-refractivity contribution in [3.8, 4) is 11.5 Å². The molecule has 380 valence electrons. The van der Waals surface area contributed by atoms with Gasteiger partial charge in [-0.05, 0) is 273 Å². The Hall–Kier alpha value is -2.03. The summed E-state index contributed by atoms with van der Waals surface area (Å²) in [4.78, 5) is 0. The Kier molecular flexibility index (Phi) is 18.0. The maximum atomic E-state index is 7.88. The monoisotopic (exact) mass is 1330 g/mol. The number of fused-ring (bicyclic) bond motifs is 4. The van der Waals surface area contributed by atoms with Crippen molar-refractivity contribution in [1.29, 1.82) is 0 Å². The van der Waals surface area contributed by atoms with Crippen LogP contribution >= 0.6 is 83.6 Å². The summed E-state index contributed by atoms with van der Waals surface area (Å²) in [5.41, 5.74) is 9.88. The smallest absolute Gasteiger partial charge is 0.244 e. The maximum absolute atomic E-state index is 7.88. The summed E-state index contributed by atoms with van der Waals surface area (Å²) in [6.45, 7) is 21.1. The molecule has 0 aromatic heterocycles. The highest BCUT2D eigenvalue weighted by atomic mass is 127. The lowest BCUT2D eigenvalue weighted by Crippen LogP contribution is -2.41. The van der Waals surface area contributed by atoms with Crippen LogP contribution in [0.3, 0.4) is 0 Å². The van der Waals surface area contributed by atoms with Gasteiger partial charge in [0.05, 0.1) is 0 Å². The molecule has 7 heteroatoms. The van der Waals surface area contributed by atoms with E-state index in [-0.39, 0.29) is 16.7 Å². The molecular formula is C65H77I3O2P2. The maximum Gasteiger partial charge on any atom is 0.244 e. The van der Waals surface area contributed by atoms with E-state index in [9.17, 15) is 0 Å². The van der Waals surface area contributed by atoms with E-state index in [0.717, 1.165) is 55.9 Å². The van der Waals surface area contributed by atoms with Crippen LogP contribution in [-0.2, 0) is 42.9 Å². The standard InChI is InChI=1S/C65H77I3O2P2/c1-10-13-18-42-27-50(64(4,5)6)37-55(30-42)71(56-31-43(19-14-11-2)28-52(66)39-56)59-23-17-22-47-35-49-33-45(49)25-26-48-34-46-21-16-24-60(61(46)69-63(48)70-62(47)59)72(57-32-44(20-15-12-3)29-53(67)40-57)58-38-51(65(7,8)9)36-54(68)41-58/h16-17,21-24,27-32,36-41,45,48-49,63H,10-15,18-20,25-26,33-35H2,1-9H3/t45?,48-,49+,63?,71?,72?/m1/s1. The Morgan fingerprint density at radius 3 is 1.35 bits per heavy atom. The Labute approximate surface area is 477 Å². The van der Waals surface area contributed by atoms with E-state index in [0.29, 0.717) is 5.92 Å². The molecule has 1 fully saturated rings.